The third kappa shape index (κ3) is 4.25. The molecule has 0 bridgehead atoms. The molecule has 0 fully saturated rings. The highest BCUT2D eigenvalue weighted by molar-refractivity contribution is 6.25. The quantitative estimate of drug-likeness (QED) is 0.187. The molecule has 0 amide bonds. The van der Waals surface area contributed by atoms with Crippen molar-refractivity contribution in [3.8, 4) is 67.3 Å². The fraction of sp³-hybridized carbons (Fsp3) is 0. The van der Waals surface area contributed by atoms with Crippen molar-refractivity contribution in [1.29, 1.82) is 0 Å². The lowest BCUT2D eigenvalue weighted by molar-refractivity contribution is 1.06. The first-order valence-corrected chi connectivity index (χ1v) is 17.3. The Morgan fingerprint density at radius 2 is 0.885 bits per heavy atom. The Morgan fingerprint density at radius 1 is 0.346 bits per heavy atom. The number of hydrogen-bond acceptors (Lipinski definition) is 6. The highest BCUT2D eigenvalue weighted by Gasteiger charge is 2.31. The van der Waals surface area contributed by atoms with Crippen molar-refractivity contribution in [3.63, 3.8) is 0 Å². The molecule has 0 aliphatic heterocycles. The maximum absolute atomic E-state index is 5.32. The SMILES string of the molecule is c1ccc(-c2cc3cccnc3nc2-c2ccc3c4c(nnc(-c5nc6ncccc6cc5-c5ccccc5)c24)-c2c-3ccc3ccccc23)cc1. The average Bonchev–Trinajstić information content (AvgIpc) is 3.55. The van der Waals surface area contributed by atoms with Gasteiger partial charge in [0.1, 0.15) is 17.1 Å². The van der Waals surface area contributed by atoms with Gasteiger partial charge in [-0.25, -0.2) is 19.9 Å². The molecule has 0 N–H and O–H groups in total. The summed E-state index contributed by atoms with van der Waals surface area (Å²) in [6.07, 6.45) is 3.58. The Balaban J connectivity index is 1.31. The monoisotopic (exact) mass is 662 g/mol. The van der Waals surface area contributed by atoms with Crippen molar-refractivity contribution in [1.82, 2.24) is 30.1 Å². The van der Waals surface area contributed by atoms with Gasteiger partial charge in [0.05, 0.1) is 5.69 Å². The van der Waals surface area contributed by atoms with E-state index in [0.717, 1.165) is 93.9 Å². The third-order valence-corrected chi connectivity index (χ3v) is 10.2. The maximum Gasteiger partial charge on any atom is 0.159 e. The van der Waals surface area contributed by atoms with Crippen LogP contribution in [0.1, 0.15) is 0 Å². The fourth-order valence-electron chi connectivity index (χ4n) is 7.88. The molecule has 5 heterocycles. The van der Waals surface area contributed by atoms with Crippen LogP contribution >= 0.6 is 0 Å². The van der Waals surface area contributed by atoms with Crippen molar-refractivity contribution in [2.75, 3.05) is 0 Å². The standard InChI is InChI=1S/C46H26N6/c1-3-11-27(12-4-1)36-25-30-16-9-23-47-45(30)49-41(36)35-22-21-34-33-20-19-29-15-7-8-18-32(29)38(33)43-39(34)40(35)44(52-51-43)42-37(28-13-5-2-6-14-28)26-31-17-10-24-48-46(31)50-42/h1-26H. The number of aromatic nitrogens is 6. The minimum atomic E-state index is 0.649. The molecule has 0 saturated carbocycles. The summed E-state index contributed by atoms with van der Waals surface area (Å²) in [5.74, 6) is 0. The summed E-state index contributed by atoms with van der Waals surface area (Å²) in [7, 11) is 0. The van der Waals surface area contributed by atoms with E-state index in [9.17, 15) is 0 Å². The predicted octanol–water partition coefficient (Wildman–Crippen LogP) is 11.0. The molecule has 0 unspecified atom stereocenters. The highest BCUT2D eigenvalue weighted by atomic mass is 15.1. The van der Waals surface area contributed by atoms with E-state index in [1.54, 1.807) is 12.4 Å². The summed E-state index contributed by atoms with van der Waals surface area (Å²) >= 11 is 0. The third-order valence-electron chi connectivity index (χ3n) is 10.2. The lowest BCUT2D eigenvalue weighted by Gasteiger charge is -2.17. The van der Waals surface area contributed by atoms with Gasteiger partial charge in [0.2, 0.25) is 0 Å². The van der Waals surface area contributed by atoms with E-state index in [0.29, 0.717) is 17.0 Å². The predicted molar refractivity (Wildman–Crippen MR) is 209 cm³/mol. The molecule has 1 aliphatic carbocycles. The summed E-state index contributed by atoms with van der Waals surface area (Å²) in [5, 5.41) is 16.5. The Labute approximate surface area is 298 Å². The van der Waals surface area contributed by atoms with Gasteiger partial charge in [-0.1, -0.05) is 109 Å². The van der Waals surface area contributed by atoms with Crippen LogP contribution in [-0.2, 0) is 0 Å². The highest BCUT2D eigenvalue weighted by Crippen LogP contribution is 2.53. The van der Waals surface area contributed by atoms with Crippen LogP contribution in [0.5, 0.6) is 0 Å². The Morgan fingerprint density at radius 3 is 1.60 bits per heavy atom. The molecule has 0 spiro atoms. The summed E-state index contributed by atoms with van der Waals surface area (Å²) in [6.45, 7) is 0. The molecule has 5 aromatic carbocycles. The van der Waals surface area contributed by atoms with E-state index in [-0.39, 0.29) is 0 Å². The van der Waals surface area contributed by atoms with Crippen LogP contribution in [-0.4, -0.2) is 30.1 Å². The minimum absolute atomic E-state index is 0.649. The van der Waals surface area contributed by atoms with Gasteiger partial charge in [-0.2, -0.15) is 0 Å². The van der Waals surface area contributed by atoms with Gasteiger partial charge in [0, 0.05) is 56.2 Å². The number of nitrogens with zero attached hydrogens (tertiary/aromatic N) is 6. The fourth-order valence-corrected chi connectivity index (χ4v) is 7.88. The van der Waals surface area contributed by atoms with Gasteiger partial charge in [0.15, 0.2) is 11.3 Å². The van der Waals surface area contributed by atoms with Crippen LogP contribution in [0.25, 0.3) is 111 Å². The Bertz CT molecular complexity index is 2940. The molecule has 0 radical (unpaired) electrons. The van der Waals surface area contributed by atoms with Gasteiger partial charge in [0.25, 0.3) is 0 Å². The number of hydrogen-bond donors (Lipinski definition) is 0. The topological polar surface area (TPSA) is 77.3 Å². The first-order chi connectivity index (χ1) is 25.8. The van der Waals surface area contributed by atoms with Crippen molar-refractivity contribution in [2.45, 2.75) is 0 Å². The lowest BCUT2D eigenvalue weighted by atomic mass is 9.90. The smallest absolute Gasteiger partial charge is 0.159 e. The first kappa shape index (κ1) is 28.6. The molecule has 11 rings (SSSR count). The number of fused-ring (bicyclic) bond motifs is 7. The van der Waals surface area contributed by atoms with Gasteiger partial charge < -0.3 is 0 Å². The molecule has 6 heteroatoms. The van der Waals surface area contributed by atoms with Crippen LogP contribution in [0.3, 0.4) is 0 Å². The van der Waals surface area contributed by atoms with Crippen LogP contribution in [0.2, 0.25) is 0 Å². The lowest BCUT2D eigenvalue weighted by Crippen LogP contribution is -2.01. The second-order valence-corrected chi connectivity index (χ2v) is 13.1. The van der Waals surface area contributed by atoms with Gasteiger partial charge in [-0.15, -0.1) is 10.2 Å². The van der Waals surface area contributed by atoms with Crippen LogP contribution in [0.4, 0.5) is 0 Å². The molecule has 0 saturated heterocycles. The van der Waals surface area contributed by atoms with Crippen molar-refractivity contribution < 1.29 is 0 Å². The second kappa shape index (κ2) is 11.2. The van der Waals surface area contributed by atoms with E-state index in [1.807, 2.05) is 24.3 Å². The van der Waals surface area contributed by atoms with Gasteiger partial charge in [-0.05, 0) is 69.4 Å². The largest absolute Gasteiger partial charge is 0.237 e. The molecule has 240 valence electrons. The number of pyridine rings is 4. The van der Waals surface area contributed by atoms with Crippen molar-refractivity contribution >= 4 is 43.6 Å². The normalized spacial score (nSPS) is 11.8. The van der Waals surface area contributed by atoms with E-state index >= 15 is 0 Å². The van der Waals surface area contributed by atoms with E-state index < -0.39 is 0 Å². The van der Waals surface area contributed by atoms with E-state index in [4.69, 9.17) is 25.1 Å². The molecule has 5 aromatic heterocycles. The average molecular weight is 663 g/mol. The second-order valence-electron chi connectivity index (χ2n) is 13.1. The maximum atomic E-state index is 5.32. The van der Waals surface area contributed by atoms with Crippen LogP contribution < -0.4 is 0 Å². The molecule has 6 nitrogen and oxygen atoms in total. The summed E-state index contributed by atoms with van der Waals surface area (Å²) in [4.78, 5) is 20.0. The first-order valence-electron chi connectivity index (χ1n) is 17.3. The number of benzene rings is 5. The Hall–Kier alpha value is -7.18. The minimum Gasteiger partial charge on any atom is -0.237 e. The molecule has 0 atom stereocenters. The van der Waals surface area contributed by atoms with Crippen molar-refractivity contribution in [2.24, 2.45) is 0 Å². The molecule has 1 aliphatic rings. The molecule has 10 aromatic rings. The number of rotatable bonds is 4. The summed E-state index contributed by atoms with van der Waals surface area (Å²) in [6, 6.07) is 50.5. The zero-order chi connectivity index (χ0) is 34.2. The molecular weight excluding hydrogens is 637 g/mol. The zero-order valence-corrected chi connectivity index (χ0v) is 27.7. The summed E-state index contributed by atoms with van der Waals surface area (Å²) < 4.78 is 0. The van der Waals surface area contributed by atoms with Crippen LogP contribution in [0, 0.1) is 0 Å². The molecule has 52 heavy (non-hydrogen) atoms. The van der Waals surface area contributed by atoms with E-state index in [1.165, 1.54) is 0 Å². The van der Waals surface area contributed by atoms with E-state index in [2.05, 4.69) is 126 Å². The Kier molecular flexibility index (Phi) is 6.15. The van der Waals surface area contributed by atoms with Gasteiger partial charge in [-0.3, -0.25) is 0 Å². The summed E-state index contributed by atoms with van der Waals surface area (Å²) in [5.41, 5.74) is 12.8. The van der Waals surface area contributed by atoms with Crippen molar-refractivity contribution in [3.05, 3.63) is 158 Å². The van der Waals surface area contributed by atoms with Crippen LogP contribution in [0.15, 0.2) is 158 Å². The zero-order valence-electron chi connectivity index (χ0n) is 27.7. The van der Waals surface area contributed by atoms with Gasteiger partial charge >= 0.3 is 0 Å². The molecular formula is C46H26N6.